The average molecular weight is 379 g/mol. The summed E-state index contributed by atoms with van der Waals surface area (Å²) in [7, 11) is 0. The molecule has 1 fully saturated rings. The van der Waals surface area contributed by atoms with E-state index in [2.05, 4.69) is 38.5 Å². The van der Waals surface area contributed by atoms with E-state index in [1.807, 2.05) is 18.2 Å². The molecule has 0 aliphatic heterocycles. The Bertz CT molecular complexity index is 385. The third-order valence-corrected chi connectivity index (χ3v) is 4.36. The van der Waals surface area contributed by atoms with Gasteiger partial charge in [0.05, 0.1) is 0 Å². The predicted octanol–water partition coefficient (Wildman–Crippen LogP) is 4.43. The van der Waals surface area contributed by atoms with Crippen LogP contribution in [0.4, 0.5) is 0 Å². The first-order valence-corrected chi connectivity index (χ1v) is 7.02. The van der Waals surface area contributed by atoms with Gasteiger partial charge in [0, 0.05) is 20.0 Å². The van der Waals surface area contributed by atoms with Crippen molar-refractivity contribution < 1.29 is 4.79 Å². The minimum atomic E-state index is 0.297. The van der Waals surface area contributed by atoms with Crippen LogP contribution in [0.5, 0.6) is 0 Å². The zero-order chi connectivity index (χ0) is 10.8. The van der Waals surface area contributed by atoms with Crippen molar-refractivity contribution in [1.29, 1.82) is 0 Å². The van der Waals surface area contributed by atoms with Gasteiger partial charge in [-0.25, -0.2) is 0 Å². The van der Waals surface area contributed by atoms with E-state index in [4.69, 9.17) is 0 Å². The van der Waals surface area contributed by atoms with Crippen molar-refractivity contribution in [3.8, 4) is 0 Å². The lowest BCUT2D eigenvalue weighted by molar-refractivity contribution is 0.0935. The van der Waals surface area contributed by atoms with E-state index in [9.17, 15) is 4.79 Å². The lowest BCUT2D eigenvalue weighted by Crippen LogP contribution is -2.16. The van der Waals surface area contributed by atoms with Crippen LogP contribution in [-0.2, 0) is 0 Å². The van der Waals surface area contributed by atoms with Crippen molar-refractivity contribution in [1.82, 2.24) is 0 Å². The smallest absolute Gasteiger partial charge is 0.164 e. The molecule has 0 saturated heterocycles. The molecule has 0 atom stereocenters. The topological polar surface area (TPSA) is 17.1 Å². The predicted molar refractivity (Wildman–Crippen MR) is 73.1 cm³/mol. The normalized spacial score (nSPS) is 16.1. The number of carbonyl (C=O) groups excluding carboxylic acids is 1. The summed E-state index contributed by atoms with van der Waals surface area (Å²) in [5, 5.41) is 0. The van der Waals surface area contributed by atoms with Crippen LogP contribution in [0.25, 0.3) is 0 Å². The maximum atomic E-state index is 12.0. The Hall–Kier alpha value is 0.1000. The van der Waals surface area contributed by atoms with Crippen LogP contribution in [0.15, 0.2) is 22.7 Å². The van der Waals surface area contributed by atoms with Crippen LogP contribution in [0.2, 0.25) is 0 Å². The molecule has 0 unspecified atom stereocenters. The van der Waals surface area contributed by atoms with Gasteiger partial charge in [0.25, 0.3) is 0 Å². The quantitative estimate of drug-likeness (QED) is 0.561. The summed E-state index contributed by atoms with van der Waals surface area (Å²) in [5.41, 5.74) is 0.872. The lowest BCUT2D eigenvalue weighted by atomic mass is 9.81. The minimum Gasteiger partial charge on any atom is -0.294 e. The summed E-state index contributed by atoms with van der Waals surface area (Å²) >= 11 is 5.63. The molecule has 0 radical (unpaired) electrons. The van der Waals surface area contributed by atoms with Crippen LogP contribution in [0.3, 0.4) is 0 Å². The fraction of sp³-hybridized carbons (Fsp3) is 0.417. The van der Waals surface area contributed by atoms with Crippen LogP contribution < -0.4 is 0 Å². The number of benzene rings is 1. The van der Waals surface area contributed by atoms with Crippen LogP contribution in [0, 0.1) is 9.49 Å². The first-order valence-electron chi connectivity index (χ1n) is 5.15. The summed E-state index contributed by atoms with van der Waals surface area (Å²) in [5.74, 6) is 0.942. The van der Waals surface area contributed by atoms with Gasteiger partial charge in [-0.05, 0) is 46.7 Å². The molecule has 1 saturated carbocycles. The van der Waals surface area contributed by atoms with Gasteiger partial charge >= 0.3 is 0 Å². The van der Waals surface area contributed by atoms with Crippen molar-refractivity contribution in [2.45, 2.75) is 25.7 Å². The molecule has 1 nitrogen and oxygen atoms in total. The molecule has 0 heterocycles. The minimum absolute atomic E-state index is 0.297. The molecule has 1 aliphatic carbocycles. The van der Waals surface area contributed by atoms with Crippen molar-refractivity contribution in [2.75, 3.05) is 0 Å². The number of Topliss-reactive ketones (excluding diaryl/α,β-unsaturated/α-hetero) is 1. The second-order valence-electron chi connectivity index (χ2n) is 4.05. The molecule has 0 aromatic heterocycles. The Balaban J connectivity index is 2.12. The largest absolute Gasteiger partial charge is 0.294 e. The van der Waals surface area contributed by atoms with Crippen molar-refractivity contribution in [3.63, 3.8) is 0 Å². The molecule has 0 amide bonds. The Morgan fingerprint density at radius 1 is 1.47 bits per heavy atom. The number of ketones is 1. The Labute approximate surface area is 112 Å². The molecule has 80 valence electrons. The highest BCUT2D eigenvalue weighted by Crippen LogP contribution is 2.31. The highest BCUT2D eigenvalue weighted by Gasteiger charge is 2.22. The number of carbonyl (C=O) groups is 1. The van der Waals surface area contributed by atoms with Crippen LogP contribution in [0.1, 0.15) is 36.0 Å². The standard InChI is InChI=1S/C12H12BrIO/c13-9-4-5-11(14)10(7-9)12(15)6-8-2-1-3-8/h4-5,7-8H,1-3,6H2. The van der Waals surface area contributed by atoms with E-state index in [0.717, 1.165) is 20.0 Å². The second-order valence-corrected chi connectivity index (χ2v) is 6.13. The van der Waals surface area contributed by atoms with Gasteiger partial charge in [0.2, 0.25) is 0 Å². The van der Waals surface area contributed by atoms with Gasteiger partial charge in [-0.2, -0.15) is 0 Å². The van der Waals surface area contributed by atoms with Gasteiger partial charge in [0.1, 0.15) is 0 Å². The zero-order valence-electron chi connectivity index (χ0n) is 8.30. The number of halogens is 2. The van der Waals surface area contributed by atoms with E-state index in [0.29, 0.717) is 11.7 Å². The fourth-order valence-electron chi connectivity index (χ4n) is 1.78. The third-order valence-electron chi connectivity index (χ3n) is 2.93. The van der Waals surface area contributed by atoms with E-state index in [1.54, 1.807) is 0 Å². The molecule has 15 heavy (non-hydrogen) atoms. The summed E-state index contributed by atoms with van der Waals surface area (Å²) in [6.45, 7) is 0. The monoisotopic (exact) mass is 378 g/mol. The van der Waals surface area contributed by atoms with Gasteiger partial charge in [0.15, 0.2) is 5.78 Å². The Morgan fingerprint density at radius 3 is 2.80 bits per heavy atom. The summed E-state index contributed by atoms with van der Waals surface area (Å²) in [4.78, 5) is 12.0. The SMILES string of the molecule is O=C(CC1CCC1)c1cc(Br)ccc1I. The molecule has 0 spiro atoms. The van der Waals surface area contributed by atoms with E-state index < -0.39 is 0 Å². The van der Waals surface area contributed by atoms with Gasteiger partial charge in [-0.1, -0.05) is 35.2 Å². The molecule has 3 heteroatoms. The molecule has 0 bridgehead atoms. The van der Waals surface area contributed by atoms with Crippen molar-refractivity contribution in [2.24, 2.45) is 5.92 Å². The van der Waals surface area contributed by atoms with E-state index >= 15 is 0 Å². The molecule has 2 rings (SSSR count). The fourth-order valence-corrected chi connectivity index (χ4v) is 2.78. The average Bonchev–Trinajstić information content (AvgIpc) is 2.15. The maximum absolute atomic E-state index is 12.0. The Kier molecular flexibility index (Phi) is 3.83. The number of hydrogen-bond donors (Lipinski definition) is 0. The lowest BCUT2D eigenvalue weighted by Gasteiger charge is -2.24. The van der Waals surface area contributed by atoms with Crippen molar-refractivity contribution in [3.05, 3.63) is 31.8 Å². The summed E-state index contributed by atoms with van der Waals surface area (Å²) < 4.78 is 2.04. The van der Waals surface area contributed by atoms with Crippen LogP contribution in [-0.4, -0.2) is 5.78 Å². The first kappa shape index (κ1) is 11.6. The summed E-state index contributed by atoms with van der Waals surface area (Å²) in [6, 6.07) is 5.89. The number of rotatable bonds is 3. The van der Waals surface area contributed by atoms with E-state index in [1.165, 1.54) is 19.3 Å². The van der Waals surface area contributed by atoms with Crippen molar-refractivity contribution >= 4 is 44.3 Å². The second kappa shape index (κ2) is 4.95. The Morgan fingerprint density at radius 2 is 2.20 bits per heavy atom. The molecular weight excluding hydrogens is 367 g/mol. The van der Waals surface area contributed by atoms with E-state index in [-0.39, 0.29) is 0 Å². The first-order chi connectivity index (χ1) is 7.16. The zero-order valence-corrected chi connectivity index (χ0v) is 12.0. The van der Waals surface area contributed by atoms with Gasteiger partial charge in [-0.3, -0.25) is 4.79 Å². The van der Waals surface area contributed by atoms with Gasteiger partial charge in [-0.15, -0.1) is 0 Å². The molecule has 1 aromatic carbocycles. The maximum Gasteiger partial charge on any atom is 0.164 e. The van der Waals surface area contributed by atoms with Crippen LogP contribution >= 0.6 is 38.5 Å². The number of hydrogen-bond acceptors (Lipinski definition) is 1. The molecule has 1 aromatic rings. The highest BCUT2D eigenvalue weighted by molar-refractivity contribution is 14.1. The third kappa shape index (κ3) is 2.81. The molecule has 0 N–H and O–H groups in total. The summed E-state index contributed by atoms with van der Waals surface area (Å²) in [6.07, 6.45) is 4.49. The molecular formula is C12H12BrIO. The van der Waals surface area contributed by atoms with Gasteiger partial charge < -0.3 is 0 Å². The highest BCUT2D eigenvalue weighted by atomic mass is 127. The molecule has 1 aliphatic rings.